The van der Waals surface area contributed by atoms with Crippen molar-refractivity contribution in [2.45, 2.75) is 45.4 Å². The lowest BCUT2D eigenvalue weighted by Crippen LogP contribution is -2.32. The number of carbonyl (C=O) groups is 1. The van der Waals surface area contributed by atoms with Crippen LogP contribution in [-0.4, -0.2) is 27.2 Å². The Morgan fingerprint density at radius 2 is 2.15 bits per heavy atom. The van der Waals surface area contributed by atoms with Crippen LogP contribution in [0.1, 0.15) is 34.1 Å². The smallest absolute Gasteiger partial charge is 0.314 e. The SMILES string of the molecule is CC(C)C(C)(C)SOC[C@H]1C[C@@H](Cn2cc(F)c(=O)[nH]c2=O)C=C1C=O. The molecule has 1 aliphatic carbocycles. The van der Waals surface area contributed by atoms with Crippen molar-refractivity contribution in [3.05, 3.63) is 44.5 Å². The molecule has 0 aliphatic heterocycles. The molecule has 1 aliphatic rings. The van der Waals surface area contributed by atoms with Crippen LogP contribution >= 0.6 is 12.0 Å². The number of aromatic nitrogens is 2. The average molecular weight is 384 g/mol. The number of aromatic amines is 1. The van der Waals surface area contributed by atoms with E-state index in [9.17, 15) is 18.8 Å². The highest BCUT2D eigenvalue weighted by Crippen LogP contribution is 2.36. The van der Waals surface area contributed by atoms with Gasteiger partial charge in [0.05, 0.1) is 12.8 Å². The number of H-pyrrole nitrogens is 1. The summed E-state index contributed by atoms with van der Waals surface area (Å²) in [7, 11) is 0. The van der Waals surface area contributed by atoms with Crippen LogP contribution < -0.4 is 11.2 Å². The van der Waals surface area contributed by atoms with E-state index < -0.39 is 17.1 Å². The quantitative estimate of drug-likeness (QED) is 0.550. The maximum Gasteiger partial charge on any atom is 0.328 e. The fraction of sp³-hybridized carbons (Fsp3) is 0.611. The molecule has 0 unspecified atom stereocenters. The van der Waals surface area contributed by atoms with Gasteiger partial charge in [-0.3, -0.25) is 19.1 Å². The zero-order valence-corrected chi connectivity index (χ0v) is 16.3. The first-order valence-electron chi connectivity index (χ1n) is 8.60. The van der Waals surface area contributed by atoms with Crippen LogP contribution in [0.3, 0.4) is 0 Å². The van der Waals surface area contributed by atoms with Crippen molar-refractivity contribution < 1.29 is 13.4 Å². The molecule has 6 nitrogen and oxygen atoms in total. The Bertz CT molecular complexity index is 797. The number of aldehydes is 1. The first kappa shape index (κ1) is 20.6. The highest BCUT2D eigenvalue weighted by Gasteiger charge is 2.29. The molecule has 26 heavy (non-hydrogen) atoms. The van der Waals surface area contributed by atoms with Gasteiger partial charge in [-0.25, -0.2) is 4.79 Å². The van der Waals surface area contributed by atoms with E-state index in [0.29, 0.717) is 24.5 Å². The molecule has 0 fully saturated rings. The first-order chi connectivity index (χ1) is 12.1. The molecular formula is C18H25FN2O4S. The Kier molecular flexibility index (Phi) is 6.63. The second-order valence-corrected chi connectivity index (χ2v) is 8.95. The fourth-order valence-electron chi connectivity index (χ4n) is 2.64. The van der Waals surface area contributed by atoms with Crippen LogP contribution in [0.5, 0.6) is 0 Å². The number of hydrogen-bond donors (Lipinski definition) is 1. The van der Waals surface area contributed by atoms with Gasteiger partial charge in [0.1, 0.15) is 6.29 Å². The van der Waals surface area contributed by atoms with E-state index in [4.69, 9.17) is 4.18 Å². The fourth-order valence-corrected chi connectivity index (χ4v) is 3.37. The van der Waals surface area contributed by atoms with Gasteiger partial charge in [-0.1, -0.05) is 19.9 Å². The number of allylic oxidation sites excluding steroid dienone is 1. The maximum atomic E-state index is 13.4. The Labute approximate surface area is 156 Å². The third kappa shape index (κ3) is 4.94. The van der Waals surface area contributed by atoms with Crippen LogP contribution in [0.25, 0.3) is 0 Å². The van der Waals surface area contributed by atoms with E-state index in [1.807, 2.05) is 4.98 Å². The minimum Gasteiger partial charge on any atom is -0.314 e. The van der Waals surface area contributed by atoms with Gasteiger partial charge in [0.15, 0.2) is 0 Å². The van der Waals surface area contributed by atoms with Gasteiger partial charge >= 0.3 is 5.69 Å². The summed E-state index contributed by atoms with van der Waals surface area (Å²) in [5.41, 5.74) is -1.06. The third-order valence-corrected chi connectivity index (χ3v) is 6.11. The first-order valence-corrected chi connectivity index (χ1v) is 9.35. The van der Waals surface area contributed by atoms with Crippen molar-refractivity contribution >= 4 is 18.3 Å². The van der Waals surface area contributed by atoms with E-state index in [-0.39, 0.29) is 23.1 Å². The van der Waals surface area contributed by atoms with Crippen LogP contribution in [-0.2, 0) is 15.5 Å². The third-order valence-electron chi connectivity index (χ3n) is 4.95. The number of rotatable bonds is 8. The molecule has 0 saturated heterocycles. The van der Waals surface area contributed by atoms with Crippen molar-refractivity contribution in [2.24, 2.45) is 17.8 Å². The number of nitrogens with zero attached hydrogens (tertiary/aromatic N) is 1. The lowest BCUT2D eigenvalue weighted by molar-refractivity contribution is -0.105. The van der Waals surface area contributed by atoms with Crippen molar-refractivity contribution in [3.8, 4) is 0 Å². The summed E-state index contributed by atoms with van der Waals surface area (Å²) in [5, 5.41) is 0. The molecule has 0 aromatic carbocycles. The van der Waals surface area contributed by atoms with E-state index >= 15 is 0 Å². The molecule has 0 amide bonds. The summed E-state index contributed by atoms with van der Waals surface area (Å²) in [5.74, 6) is -0.729. The largest absolute Gasteiger partial charge is 0.328 e. The van der Waals surface area contributed by atoms with Gasteiger partial charge in [0, 0.05) is 17.2 Å². The molecule has 2 rings (SSSR count). The van der Waals surface area contributed by atoms with Gasteiger partial charge in [0.25, 0.3) is 5.56 Å². The van der Waals surface area contributed by atoms with Gasteiger partial charge in [-0.2, -0.15) is 4.39 Å². The zero-order valence-electron chi connectivity index (χ0n) is 15.5. The van der Waals surface area contributed by atoms with Crippen molar-refractivity contribution in [2.75, 3.05) is 6.61 Å². The van der Waals surface area contributed by atoms with E-state index in [2.05, 4.69) is 27.7 Å². The zero-order chi connectivity index (χ0) is 19.5. The summed E-state index contributed by atoms with van der Waals surface area (Å²) in [6.07, 6.45) is 4.14. The predicted molar refractivity (Wildman–Crippen MR) is 99.5 cm³/mol. The summed E-state index contributed by atoms with van der Waals surface area (Å²) in [4.78, 5) is 36.2. The summed E-state index contributed by atoms with van der Waals surface area (Å²) < 4.78 is 20.3. The van der Waals surface area contributed by atoms with Gasteiger partial charge < -0.3 is 4.18 Å². The lowest BCUT2D eigenvalue weighted by atomic mass is 10.00. The standard InChI is InChI=1S/C18H25FN2O4S/c1-11(2)18(3,4)26-25-10-14-6-12(5-13(14)9-22)7-21-8-15(19)16(23)20-17(21)24/h5,8-9,11-12,14H,6-7,10H2,1-4H3,(H,20,23,24)/t12-,14+/m0/s1. The molecule has 144 valence electrons. The van der Waals surface area contributed by atoms with Crippen LogP contribution in [0.2, 0.25) is 0 Å². The summed E-state index contributed by atoms with van der Waals surface area (Å²) >= 11 is 1.41. The maximum absolute atomic E-state index is 13.4. The summed E-state index contributed by atoms with van der Waals surface area (Å²) in [6.45, 7) is 9.06. The molecule has 0 saturated carbocycles. The number of carbonyl (C=O) groups excluding carboxylic acids is 1. The van der Waals surface area contributed by atoms with Gasteiger partial charge in [-0.05, 0) is 49.7 Å². The van der Waals surface area contributed by atoms with Gasteiger partial charge in [0.2, 0.25) is 5.82 Å². The topological polar surface area (TPSA) is 81.2 Å². The molecule has 1 aromatic rings. The number of halogens is 1. The van der Waals surface area contributed by atoms with Crippen LogP contribution in [0.15, 0.2) is 27.4 Å². The monoisotopic (exact) mass is 384 g/mol. The minimum atomic E-state index is -1.03. The van der Waals surface area contributed by atoms with Crippen LogP contribution in [0.4, 0.5) is 4.39 Å². The molecule has 8 heteroatoms. The second-order valence-electron chi connectivity index (χ2n) is 7.49. The van der Waals surface area contributed by atoms with E-state index in [1.54, 1.807) is 6.08 Å². The normalized spacial score (nSPS) is 20.5. The molecular weight excluding hydrogens is 359 g/mol. The highest BCUT2D eigenvalue weighted by molar-refractivity contribution is 7.96. The second kappa shape index (κ2) is 8.35. The van der Waals surface area contributed by atoms with Crippen molar-refractivity contribution in [1.82, 2.24) is 9.55 Å². The Morgan fingerprint density at radius 1 is 1.46 bits per heavy atom. The van der Waals surface area contributed by atoms with E-state index in [1.165, 1.54) is 12.0 Å². The predicted octanol–water partition coefficient (Wildman–Crippen LogP) is 2.54. The van der Waals surface area contributed by atoms with Crippen LogP contribution in [0, 0.1) is 23.6 Å². The Morgan fingerprint density at radius 3 is 2.77 bits per heavy atom. The van der Waals surface area contributed by atoms with Crippen molar-refractivity contribution in [3.63, 3.8) is 0 Å². The Hall–Kier alpha value is -1.67. The summed E-state index contributed by atoms with van der Waals surface area (Å²) in [6, 6.07) is 0. The molecule has 1 N–H and O–H groups in total. The highest BCUT2D eigenvalue weighted by atomic mass is 32.2. The number of nitrogens with one attached hydrogen (secondary N) is 1. The molecule has 1 aromatic heterocycles. The van der Waals surface area contributed by atoms with Crippen molar-refractivity contribution in [1.29, 1.82) is 0 Å². The average Bonchev–Trinajstić information content (AvgIpc) is 2.94. The minimum absolute atomic E-state index is 0.0379. The molecule has 0 bridgehead atoms. The Balaban J connectivity index is 1.99. The molecule has 2 atom stereocenters. The van der Waals surface area contributed by atoms with E-state index in [0.717, 1.165) is 17.1 Å². The number of hydrogen-bond acceptors (Lipinski definition) is 5. The molecule has 0 spiro atoms. The molecule has 0 radical (unpaired) electrons. The van der Waals surface area contributed by atoms with Gasteiger partial charge in [-0.15, -0.1) is 0 Å². The molecule has 1 heterocycles. The lowest BCUT2D eigenvalue weighted by Gasteiger charge is -2.27.